The first-order valence-corrected chi connectivity index (χ1v) is 11.7. The lowest BCUT2D eigenvalue weighted by atomic mass is 10.1. The van der Waals surface area contributed by atoms with Crippen LogP contribution in [-0.4, -0.2) is 55.4 Å². The zero-order chi connectivity index (χ0) is 23.2. The highest BCUT2D eigenvalue weighted by Gasteiger charge is 2.21. The number of aromatic hydroxyl groups is 1. The Kier molecular flexibility index (Phi) is 7.23. The zero-order valence-corrected chi connectivity index (χ0v) is 18.7. The van der Waals surface area contributed by atoms with Gasteiger partial charge in [0, 0.05) is 18.8 Å². The van der Waals surface area contributed by atoms with E-state index in [4.69, 9.17) is 0 Å². The van der Waals surface area contributed by atoms with Gasteiger partial charge in [-0.05, 0) is 55.7 Å². The maximum absolute atomic E-state index is 13.1. The molecule has 8 nitrogen and oxygen atoms in total. The number of thioether (sulfide) groups is 1. The summed E-state index contributed by atoms with van der Waals surface area (Å²) < 4.78 is 14.5. The van der Waals surface area contributed by atoms with E-state index in [0.29, 0.717) is 16.4 Å². The number of hydrogen-bond donors (Lipinski definition) is 2. The third kappa shape index (κ3) is 5.89. The average molecular weight is 470 g/mol. The Bertz CT molecular complexity index is 1130. The van der Waals surface area contributed by atoms with E-state index < -0.39 is 0 Å². The van der Waals surface area contributed by atoms with Crippen molar-refractivity contribution in [3.05, 3.63) is 54.3 Å². The van der Waals surface area contributed by atoms with Crippen LogP contribution in [0.1, 0.15) is 19.3 Å². The van der Waals surface area contributed by atoms with Crippen LogP contribution in [0.25, 0.3) is 11.4 Å². The summed E-state index contributed by atoms with van der Waals surface area (Å²) in [5, 5.41) is 17.7. The van der Waals surface area contributed by atoms with Crippen LogP contribution in [0.5, 0.6) is 5.75 Å². The highest BCUT2D eigenvalue weighted by Crippen LogP contribution is 2.28. The van der Waals surface area contributed by atoms with Crippen molar-refractivity contribution in [2.45, 2.75) is 31.0 Å². The summed E-state index contributed by atoms with van der Waals surface area (Å²) in [5.41, 5.74) is 0.929. The number of likely N-dealkylation sites (tertiary alicyclic amines) is 1. The van der Waals surface area contributed by atoms with Crippen LogP contribution in [0.2, 0.25) is 0 Å². The second kappa shape index (κ2) is 10.5. The monoisotopic (exact) mass is 469 g/mol. The smallest absolute Gasteiger partial charge is 0.244 e. The maximum atomic E-state index is 13.1. The molecule has 0 unspecified atom stereocenters. The molecule has 2 heterocycles. The molecule has 0 radical (unpaired) electrons. The van der Waals surface area contributed by atoms with Crippen LogP contribution in [0, 0.1) is 5.82 Å². The van der Waals surface area contributed by atoms with Crippen LogP contribution in [0.4, 0.5) is 10.1 Å². The molecule has 1 aliphatic rings. The van der Waals surface area contributed by atoms with Gasteiger partial charge in [-0.15, -0.1) is 5.10 Å². The summed E-state index contributed by atoms with van der Waals surface area (Å²) in [6.45, 7) is 1.45. The summed E-state index contributed by atoms with van der Waals surface area (Å²) in [6.07, 6.45) is 3.09. The fourth-order valence-electron chi connectivity index (χ4n) is 3.55. The minimum atomic E-state index is -0.384. The van der Waals surface area contributed by atoms with Crippen LogP contribution in [-0.2, 0) is 16.1 Å². The fourth-order valence-corrected chi connectivity index (χ4v) is 4.28. The van der Waals surface area contributed by atoms with E-state index in [0.717, 1.165) is 44.1 Å². The number of anilines is 1. The largest absolute Gasteiger partial charge is 0.507 e. The Morgan fingerprint density at radius 1 is 1.06 bits per heavy atom. The summed E-state index contributed by atoms with van der Waals surface area (Å²) in [7, 11) is 0. The molecule has 0 aliphatic carbocycles. The number of piperidine rings is 1. The third-order valence-corrected chi connectivity index (χ3v) is 6.20. The highest BCUT2D eigenvalue weighted by molar-refractivity contribution is 7.99. The summed E-state index contributed by atoms with van der Waals surface area (Å²) in [5.74, 6) is -0.406. The van der Waals surface area contributed by atoms with Crippen molar-refractivity contribution in [2.24, 2.45) is 0 Å². The van der Waals surface area contributed by atoms with Crippen LogP contribution in [0.15, 0.2) is 53.7 Å². The molecule has 1 saturated heterocycles. The van der Waals surface area contributed by atoms with Gasteiger partial charge in [0.25, 0.3) is 0 Å². The molecular formula is C23H24FN5O3S. The number of phenolic OH excluding ortho intramolecular Hbond substituents is 1. The standard InChI is InChI=1S/C23H24FN5O3S/c24-16-8-10-17(11-9-16)25-20(31)15-33-23-26-22(18-6-2-3-7-19(18)30)27-29(23)14-21(32)28-12-4-1-5-13-28/h2-3,6-11,30H,1,4-5,12-15H2,(H,25,31). The molecular weight excluding hydrogens is 445 g/mol. The topological polar surface area (TPSA) is 100 Å². The molecule has 1 fully saturated rings. The van der Waals surface area contributed by atoms with Crippen molar-refractivity contribution in [1.82, 2.24) is 19.7 Å². The second-order valence-corrected chi connectivity index (χ2v) is 8.62. The van der Waals surface area contributed by atoms with E-state index >= 15 is 0 Å². The molecule has 1 aliphatic heterocycles. The molecule has 0 saturated carbocycles. The number of para-hydroxylation sites is 1. The fraction of sp³-hybridized carbons (Fsp3) is 0.304. The van der Waals surface area contributed by atoms with Crippen molar-refractivity contribution in [3.63, 3.8) is 0 Å². The van der Waals surface area contributed by atoms with Gasteiger partial charge in [0.1, 0.15) is 18.1 Å². The second-order valence-electron chi connectivity index (χ2n) is 7.68. The molecule has 3 aromatic rings. The molecule has 0 spiro atoms. The van der Waals surface area contributed by atoms with Gasteiger partial charge < -0.3 is 15.3 Å². The molecule has 2 aromatic carbocycles. The van der Waals surface area contributed by atoms with Gasteiger partial charge in [-0.2, -0.15) is 0 Å². The van der Waals surface area contributed by atoms with Crippen LogP contribution < -0.4 is 5.32 Å². The predicted octanol–water partition coefficient (Wildman–Crippen LogP) is 3.53. The summed E-state index contributed by atoms with van der Waals surface area (Å²) >= 11 is 1.14. The highest BCUT2D eigenvalue weighted by atomic mass is 32.2. The van der Waals surface area contributed by atoms with Gasteiger partial charge in [0.15, 0.2) is 11.0 Å². The van der Waals surface area contributed by atoms with E-state index in [2.05, 4.69) is 15.4 Å². The Morgan fingerprint density at radius 2 is 1.79 bits per heavy atom. The molecule has 1 aromatic heterocycles. The lowest BCUT2D eigenvalue weighted by Gasteiger charge is -2.26. The van der Waals surface area contributed by atoms with Crippen LogP contribution in [0.3, 0.4) is 0 Å². The number of phenols is 1. The molecule has 2 N–H and O–H groups in total. The number of amides is 2. The van der Waals surface area contributed by atoms with Crippen molar-refractivity contribution >= 4 is 29.3 Å². The first kappa shape index (κ1) is 22.8. The number of aromatic nitrogens is 3. The van der Waals surface area contributed by atoms with Crippen LogP contribution >= 0.6 is 11.8 Å². The van der Waals surface area contributed by atoms with E-state index in [1.54, 1.807) is 18.2 Å². The number of nitrogens with one attached hydrogen (secondary N) is 1. The van der Waals surface area contributed by atoms with Crippen molar-refractivity contribution in [1.29, 1.82) is 0 Å². The number of carbonyl (C=O) groups is 2. The average Bonchev–Trinajstić information content (AvgIpc) is 3.22. The minimum Gasteiger partial charge on any atom is -0.507 e. The van der Waals surface area contributed by atoms with Crippen molar-refractivity contribution in [3.8, 4) is 17.1 Å². The molecule has 10 heteroatoms. The number of rotatable bonds is 7. The van der Waals surface area contributed by atoms with Crippen molar-refractivity contribution in [2.75, 3.05) is 24.2 Å². The molecule has 4 rings (SSSR count). The maximum Gasteiger partial charge on any atom is 0.244 e. The molecule has 172 valence electrons. The van der Waals surface area contributed by atoms with Gasteiger partial charge in [0.2, 0.25) is 11.8 Å². The first-order valence-electron chi connectivity index (χ1n) is 10.7. The lowest BCUT2D eigenvalue weighted by molar-refractivity contribution is -0.133. The molecule has 2 amide bonds. The zero-order valence-electron chi connectivity index (χ0n) is 17.9. The Morgan fingerprint density at radius 3 is 2.52 bits per heavy atom. The first-order chi connectivity index (χ1) is 16.0. The minimum absolute atomic E-state index is 0.00249. The quantitative estimate of drug-likeness (QED) is 0.514. The van der Waals surface area contributed by atoms with Gasteiger partial charge in [0.05, 0.1) is 11.3 Å². The summed E-state index contributed by atoms with van der Waals surface area (Å²) in [6, 6.07) is 12.2. The van der Waals surface area contributed by atoms with Gasteiger partial charge >= 0.3 is 0 Å². The number of carbonyl (C=O) groups excluding carboxylic acids is 2. The number of halogens is 1. The number of nitrogens with zero attached hydrogens (tertiary/aromatic N) is 4. The number of benzene rings is 2. The summed E-state index contributed by atoms with van der Waals surface area (Å²) in [4.78, 5) is 31.5. The molecule has 0 atom stereocenters. The molecule has 33 heavy (non-hydrogen) atoms. The number of hydrogen-bond acceptors (Lipinski definition) is 6. The third-order valence-electron chi connectivity index (χ3n) is 5.24. The van der Waals surface area contributed by atoms with E-state index in [-0.39, 0.29) is 41.5 Å². The SMILES string of the molecule is O=C(CSc1nc(-c2ccccc2O)nn1CC(=O)N1CCCCC1)Nc1ccc(F)cc1. The lowest BCUT2D eigenvalue weighted by Crippen LogP contribution is -2.38. The normalized spacial score (nSPS) is 13.7. The van der Waals surface area contributed by atoms with Gasteiger partial charge in [-0.25, -0.2) is 14.1 Å². The van der Waals surface area contributed by atoms with E-state index in [1.807, 2.05) is 4.90 Å². The van der Waals surface area contributed by atoms with Gasteiger partial charge in [-0.1, -0.05) is 23.9 Å². The molecule has 0 bridgehead atoms. The predicted molar refractivity (Wildman–Crippen MR) is 123 cm³/mol. The van der Waals surface area contributed by atoms with E-state index in [1.165, 1.54) is 35.0 Å². The van der Waals surface area contributed by atoms with Crippen molar-refractivity contribution < 1.29 is 19.1 Å². The Balaban J connectivity index is 1.50. The Labute approximate surface area is 194 Å². The van der Waals surface area contributed by atoms with E-state index in [9.17, 15) is 19.1 Å². The Hall–Kier alpha value is -3.40. The van der Waals surface area contributed by atoms with Gasteiger partial charge in [-0.3, -0.25) is 9.59 Å².